The maximum absolute atomic E-state index is 10.7. The SMILES string of the molecule is CN1C2CCC1CC(O)(CCC(C)(C)C)C2. The summed E-state index contributed by atoms with van der Waals surface area (Å²) in [7, 11) is 2.23. The number of piperidine rings is 1. The molecular weight excluding hydrogens is 198 g/mol. The third-order valence-corrected chi connectivity index (χ3v) is 4.56. The van der Waals surface area contributed by atoms with Gasteiger partial charge in [0, 0.05) is 12.1 Å². The zero-order valence-corrected chi connectivity index (χ0v) is 11.3. The largest absolute Gasteiger partial charge is 0.390 e. The van der Waals surface area contributed by atoms with Gasteiger partial charge >= 0.3 is 0 Å². The van der Waals surface area contributed by atoms with E-state index in [1.807, 2.05) is 0 Å². The second kappa shape index (κ2) is 3.99. The summed E-state index contributed by atoms with van der Waals surface area (Å²) >= 11 is 0. The fourth-order valence-corrected chi connectivity index (χ4v) is 3.35. The normalized spacial score (nSPS) is 40.3. The molecule has 2 aliphatic heterocycles. The van der Waals surface area contributed by atoms with E-state index in [1.165, 1.54) is 12.8 Å². The highest BCUT2D eigenvalue weighted by atomic mass is 16.3. The van der Waals surface area contributed by atoms with Crippen molar-refractivity contribution in [3.63, 3.8) is 0 Å². The van der Waals surface area contributed by atoms with Gasteiger partial charge in [0.05, 0.1) is 5.60 Å². The summed E-state index contributed by atoms with van der Waals surface area (Å²) in [5.74, 6) is 0. The van der Waals surface area contributed by atoms with Crippen molar-refractivity contribution in [2.24, 2.45) is 5.41 Å². The standard InChI is InChI=1S/C14H27NO/c1-13(2,3)7-8-14(16)9-11-5-6-12(10-14)15(11)4/h11-12,16H,5-10H2,1-4H3. The lowest BCUT2D eigenvalue weighted by molar-refractivity contribution is -0.0557. The molecule has 0 saturated carbocycles. The average Bonchev–Trinajstić information content (AvgIpc) is 2.39. The first-order valence-electron chi connectivity index (χ1n) is 6.73. The van der Waals surface area contributed by atoms with Crippen molar-refractivity contribution in [1.29, 1.82) is 0 Å². The molecule has 2 atom stereocenters. The zero-order valence-electron chi connectivity index (χ0n) is 11.3. The van der Waals surface area contributed by atoms with Gasteiger partial charge in [-0.3, -0.25) is 0 Å². The highest BCUT2D eigenvalue weighted by Crippen LogP contribution is 2.42. The van der Waals surface area contributed by atoms with Crippen molar-refractivity contribution in [3.8, 4) is 0 Å². The molecule has 0 amide bonds. The Kier molecular flexibility index (Phi) is 3.09. The Morgan fingerprint density at radius 2 is 1.69 bits per heavy atom. The molecule has 0 aliphatic carbocycles. The van der Waals surface area contributed by atoms with E-state index in [2.05, 4.69) is 32.7 Å². The molecule has 94 valence electrons. The molecule has 0 aromatic rings. The maximum atomic E-state index is 10.7. The Bertz CT molecular complexity index is 242. The molecule has 2 bridgehead atoms. The lowest BCUT2D eigenvalue weighted by Gasteiger charge is -2.43. The quantitative estimate of drug-likeness (QED) is 0.781. The van der Waals surface area contributed by atoms with Crippen molar-refractivity contribution >= 4 is 0 Å². The van der Waals surface area contributed by atoms with Crippen molar-refractivity contribution in [2.75, 3.05) is 7.05 Å². The Labute approximate surface area is 100 Å². The molecule has 2 heteroatoms. The summed E-state index contributed by atoms with van der Waals surface area (Å²) in [5.41, 5.74) is -0.0241. The number of hydrogen-bond donors (Lipinski definition) is 1. The van der Waals surface area contributed by atoms with Crippen LogP contribution in [0.4, 0.5) is 0 Å². The summed E-state index contributed by atoms with van der Waals surface area (Å²) in [6, 6.07) is 1.28. The minimum atomic E-state index is -0.369. The van der Waals surface area contributed by atoms with Gasteiger partial charge in [0.2, 0.25) is 0 Å². The molecule has 2 saturated heterocycles. The molecule has 0 aromatic heterocycles. The number of fused-ring (bicyclic) bond motifs is 2. The summed E-state index contributed by atoms with van der Waals surface area (Å²) in [6.45, 7) is 6.79. The van der Waals surface area contributed by atoms with Crippen molar-refractivity contribution in [1.82, 2.24) is 4.90 Å². The summed E-state index contributed by atoms with van der Waals surface area (Å²) < 4.78 is 0. The van der Waals surface area contributed by atoms with Gasteiger partial charge in [-0.15, -0.1) is 0 Å². The zero-order chi connectivity index (χ0) is 12.0. The van der Waals surface area contributed by atoms with E-state index in [4.69, 9.17) is 0 Å². The topological polar surface area (TPSA) is 23.5 Å². The van der Waals surface area contributed by atoms with Crippen LogP contribution in [0.1, 0.15) is 59.3 Å². The van der Waals surface area contributed by atoms with Crippen LogP contribution in [-0.4, -0.2) is 34.7 Å². The van der Waals surface area contributed by atoms with Gasteiger partial charge in [-0.1, -0.05) is 20.8 Å². The molecule has 0 aromatic carbocycles. The molecule has 2 nitrogen and oxygen atoms in total. The van der Waals surface area contributed by atoms with E-state index >= 15 is 0 Å². The number of rotatable bonds is 2. The van der Waals surface area contributed by atoms with Crippen LogP contribution in [0, 0.1) is 5.41 Å². The monoisotopic (exact) mass is 225 g/mol. The second-order valence-corrected chi connectivity index (χ2v) is 7.24. The second-order valence-electron chi connectivity index (χ2n) is 7.24. The van der Waals surface area contributed by atoms with Crippen LogP contribution in [-0.2, 0) is 0 Å². The lowest BCUT2D eigenvalue weighted by Crippen LogP contribution is -2.49. The van der Waals surface area contributed by atoms with Crippen molar-refractivity contribution in [2.45, 2.75) is 77.0 Å². The van der Waals surface area contributed by atoms with E-state index in [1.54, 1.807) is 0 Å². The first kappa shape index (κ1) is 12.4. The molecule has 2 aliphatic rings. The third-order valence-electron chi connectivity index (χ3n) is 4.56. The molecule has 16 heavy (non-hydrogen) atoms. The molecule has 2 fully saturated rings. The molecule has 0 radical (unpaired) electrons. The smallest absolute Gasteiger partial charge is 0.0677 e. The predicted molar refractivity (Wildman–Crippen MR) is 67.4 cm³/mol. The number of aliphatic hydroxyl groups is 1. The molecule has 1 N–H and O–H groups in total. The van der Waals surface area contributed by atoms with Crippen LogP contribution in [0.25, 0.3) is 0 Å². The Morgan fingerprint density at radius 3 is 2.12 bits per heavy atom. The Balaban J connectivity index is 1.95. The van der Waals surface area contributed by atoms with Gasteiger partial charge in [0.1, 0.15) is 0 Å². The van der Waals surface area contributed by atoms with Gasteiger partial charge < -0.3 is 10.0 Å². The predicted octanol–water partition coefficient (Wildman–Crippen LogP) is 2.80. The average molecular weight is 225 g/mol. The summed E-state index contributed by atoms with van der Waals surface area (Å²) in [6.07, 6.45) is 6.69. The number of hydrogen-bond acceptors (Lipinski definition) is 2. The van der Waals surface area contributed by atoms with Crippen LogP contribution in [0.5, 0.6) is 0 Å². The fraction of sp³-hybridized carbons (Fsp3) is 1.00. The van der Waals surface area contributed by atoms with Crippen LogP contribution < -0.4 is 0 Å². The van der Waals surface area contributed by atoms with Crippen LogP contribution in [0.2, 0.25) is 0 Å². The van der Waals surface area contributed by atoms with Crippen molar-refractivity contribution < 1.29 is 5.11 Å². The minimum Gasteiger partial charge on any atom is -0.390 e. The van der Waals surface area contributed by atoms with Gasteiger partial charge in [-0.05, 0) is 51.0 Å². The van der Waals surface area contributed by atoms with E-state index in [0.29, 0.717) is 17.5 Å². The molecule has 2 rings (SSSR count). The highest BCUT2D eigenvalue weighted by molar-refractivity contribution is 5.00. The Hall–Kier alpha value is -0.0800. The Morgan fingerprint density at radius 1 is 1.19 bits per heavy atom. The van der Waals surface area contributed by atoms with Crippen LogP contribution in [0.3, 0.4) is 0 Å². The summed E-state index contributed by atoms with van der Waals surface area (Å²) in [5, 5.41) is 10.7. The van der Waals surface area contributed by atoms with Gasteiger partial charge in [0.15, 0.2) is 0 Å². The van der Waals surface area contributed by atoms with E-state index in [-0.39, 0.29) is 5.60 Å². The van der Waals surface area contributed by atoms with Gasteiger partial charge in [0.25, 0.3) is 0 Å². The third kappa shape index (κ3) is 2.60. The first-order chi connectivity index (χ1) is 7.29. The van der Waals surface area contributed by atoms with Crippen LogP contribution >= 0.6 is 0 Å². The summed E-state index contributed by atoms with van der Waals surface area (Å²) in [4.78, 5) is 2.49. The molecule has 2 heterocycles. The molecule has 0 spiro atoms. The van der Waals surface area contributed by atoms with E-state index in [0.717, 1.165) is 25.7 Å². The lowest BCUT2D eigenvalue weighted by atomic mass is 9.78. The maximum Gasteiger partial charge on any atom is 0.0677 e. The highest BCUT2D eigenvalue weighted by Gasteiger charge is 2.45. The van der Waals surface area contributed by atoms with Crippen molar-refractivity contribution in [3.05, 3.63) is 0 Å². The molecule has 2 unspecified atom stereocenters. The molecular formula is C14H27NO. The van der Waals surface area contributed by atoms with E-state index in [9.17, 15) is 5.11 Å². The van der Waals surface area contributed by atoms with Gasteiger partial charge in [-0.2, -0.15) is 0 Å². The number of nitrogens with zero attached hydrogens (tertiary/aromatic N) is 1. The fourth-order valence-electron chi connectivity index (χ4n) is 3.35. The van der Waals surface area contributed by atoms with Gasteiger partial charge in [-0.25, -0.2) is 0 Å². The van der Waals surface area contributed by atoms with E-state index < -0.39 is 0 Å². The minimum absolute atomic E-state index is 0.345. The first-order valence-corrected chi connectivity index (χ1v) is 6.73. The van der Waals surface area contributed by atoms with Crippen LogP contribution in [0.15, 0.2) is 0 Å².